The van der Waals surface area contributed by atoms with Gasteiger partial charge < -0.3 is 20.8 Å². The van der Waals surface area contributed by atoms with Crippen LogP contribution in [0.3, 0.4) is 0 Å². The van der Waals surface area contributed by atoms with Crippen molar-refractivity contribution in [2.24, 2.45) is 0 Å². The third kappa shape index (κ3) is 3.76. The molecule has 0 spiro atoms. The number of nitrogens with one attached hydrogen (secondary N) is 2. The summed E-state index contributed by atoms with van der Waals surface area (Å²) in [6.07, 6.45) is 0. The van der Waals surface area contributed by atoms with Crippen LogP contribution in [0.1, 0.15) is 29.5 Å². The first-order valence-corrected chi connectivity index (χ1v) is 10.6. The summed E-state index contributed by atoms with van der Waals surface area (Å²) in [7, 11) is 0. The largest absolute Gasteiger partial charge is 0.463 e. The zero-order valence-electron chi connectivity index (χ0n) is 16.1. The lowest BCUT2D eigenvalue weighted by molar-refractivity contribution is -0.138. The Balaban J connectivity index is 2.06. The van der Waals surface area contributed by atoms with Gasteiger partial charge in [0.25, 0.3) is 0 Å². The van der Waals surface area contributed by atoms with Gasteiger partial charge in [-0.1, -0.05) is 58.4 Å². The van der Waals surface area contributed by atoms with Crippen molar-refractivity contribution in [2.75, 3.05) is 17.7 Å². The zero-order valence-corrected chi connectivity index (χ0v) is 18.5. The maximum Gasteiger partial charge on any atom is 0.337 e. The fraction of sp³-hybridized carbons (Fsp3) is 0.136. The van der Waals surface area contributed by atoms with E-state index in [-0.39, 0.29) is 11.4 Å². The smallest absolute Gasteiger partial charge is 0.337 e. The second-order valence-electron chi connectivity index (χ2n) is 6.71. The van der Waals surface area contributed by atoms with Crippen molar-refractivity contribution in [1.82, 2.24) is 9.97 Å². The number of anilines is 2. The number of ether oxygens (including phenoxy) is 1. The number of esters is 1. The minimum atomic E-state index is -0.493. The van der Waals surface area contributed by atoms with E-state index >= 15 is 0 Å². The van der Waals surface area contributed by atoms with Gasteiger partial charge in [-0.15, -0.1) is 0 Å². The van der Waals surface area contributed by atoms with Crippen LogP contribution < -0.4 is 11.1 Å². The van der Waals surface area contributed by atoms with Crippen molar-refractivity contribution >= 4 is 51.4 Å². The molecule has 152 valence electrons. The fourth-order valence-corrected chi connectivity index (χ4v) is 4.26. The van der Waals surface area contributed by atoms with Crippen LogP contribution in [0.25, 0.3) is 5.70 Å². The maximum absolute atomic E-state index is 13.2. The third-order valence-electron chi connectivity index (χ3n) is 4.83. The lowest BCUT2D eigenvalue weighted by Crippen LogP contribution is -2.27. The van der Waals surface area contributed by atoms with Gasteiger partial charge in [-0.2, -0.15) is 0 Å². The van der Waals surface area contributed by atoms with Gasteiger partial charge in [0, 0.05) is 10.0 Å². The molecule has 2 aromatic carbocycles. The number of carbonyl (C=O) groups excluding carboxylic acids is 1. The predicted molar refractivity (Wildman–Crippen MR) is 123 cm³/mol. The highest BCUT2D eigenvalue weighted by molar-refractivity contribution is 9.10. The minimum absolute atomic E-state index is 0.257. The lowest BCUT2D eigenvalue weighted by atomic mass is 9.80. The maximum atomic E-state index is 13.2. The molecule has 0 bridgehead atoms. The monoisotopic (exact) mass is 482 g/mol. The number of fused-ring (bicyclic) bond motifs is 1. The summed E-state index contributed by atoms with van der Waals surface area (Å²) in [4.78, 5) is 20.6. The summed E-state index contributed by atoms with van der Waals surface area (Å²) in [6.45, 7) is 2.04. The van der Waals surface area contributed by atoms with Crippen molar-refractivity contribution in [3.63, 3.8) is 0 Å². The molecule has 6 nitrogen and oxygen atoms in total. The van der Waals surface area contributed by atoms with Gasteiger partial charge in [0.2, 0.25) is 0 Å². The van der Waals surface area contributed by atoms with Crippen LogP contribution in [0.15, 0.2) is 64.6 Å². The first-order valence-electron chi connectivity index (χ1n) is 9.38. The van der Waals surface area contributed by atoms with Crippen LogP contribution >= 0.6 is 28.1 Å². The van der Waals surface area contributed by atoms with Crippen molar-refractivity contribution in [1.29, 1.82) is 0 Å². The van der Waals surface area contributed by atoms with E-state index in [1.807, 2.05) is 54.6 Å². The van der Waals surface area contributed by atoms with E-state index in [1.165, 1.54) is 0 Å². The molecule has 0 radical (unpaired) electrons. The molecular weight excluding hydrogens is 464 g/mol. The van der Waals surface area contributed by atoms with E-state index < -0.39 is 11.9 Å². The molecule has 1 aliphatic heterocycles. The van der Waals surface area contributed by atoms with Crippen LogP contribution in [0.4, 0.5) is 11.6 Å². The van der Waals surface area contributed by atoms with Gasteiger partial charge in [0.15, 0.2) is 4.77 Å². The molecule has 0 aliphatic carbocycles. The molecule has 1 aromatic heterocycles. The minimum Gasteiger partial charge on any atom is -0.463 e. The van der Waals surface area contributed by atoms with E-state index in [2.05, 4.69) is 31.2 Å². The average Bonchev–Trinajstić information content (AvgIpc) is 2.73. The molecule has 0 saturated carbocycles. The molecule has 30 heavy (non-hydrogen) atoms. The molecule has 0 saturated heterocycles. The molecule has 3 aromatic rings. The Morgan fingerprint density at radius 2 is 2.00 bits per heavy atom. The Hall–Kier alpha value is -2.97. The summed E-state index contributed by atoms with van der Waals surface area (Å²) in [5.41, 5.74) is 9.80. The summed E-state index contributed by atoms with van der Waals surface area (Å²) < 4.78 is 6.60. The molecule has 8 heteroatoms. The number of benzene rings is 2. The van der Waals surface area contributed by atoms with Gasteiger partial charge in [-0.05, 0) is 42.4 Å². The van der Waals surface area contributed by atoms with E-state index in [4.69, 9.17) is 22.7 Å². The van der Waals surface area contributed by atoms with Crippen LogP contribution in [-0.2, 0) is 9.53 Å². The molecular formula is C22H19BrN4O2S. The van der Waals surface area contributed by atoms with Crippen LogP contribution in [-0.4, -0.2) is 22.5 Å². The number of aromatic nitrogens is 2. The Kier molecular flexibility index (Phi) is 5.69. The molecule has 2 heterocycles. The van der Waals surface area contributed by atoms with Gasteiger partial charge in [0.05, 0.1) is 23.8 Å². The number of rotatable bonds is 4. The Morgan fingerprint density at radius 3 is 2.70 bits per heavy atom. The number of halogens is 1. The second-order valence-corrected chi connectivity index (χ2v) is 8.01. The zero-order chi connectivity index (χ0) is 21.3. The highest BCUT2D eigenvalue weighted by Gasteiger charge is 2.37. The Bertz CT molecular complexity index is 1210. The molecule has 1 atom stereocenters. The quantitative estimate of drug-likeness (QED) is 0.357. The SMILES string of the molecule is CCOC(=O)C1=C(c2ccccc2)Nc2nc(=S)[nH]c(N)c2C1c1cccc(Br)c1. The number of aromatic amines is 1. The highest BCUT2D eigenvalue weighted by Crippen LogP contribution is 2.46. The van der Waals surface area contributed by atoms with Crippen LogP contribution in [0.5, 0.6) is 0 Å². The van der Waals surface area contributed by atoms with Crippen molar-refractivity contribution in [3.05, 3.63) is 86.1 Å². The standard InChI is InChI=1S/C22H19BrN4O2S/c1-2-29-21(28)16-15(13-9-6-10-14(23)11-13)17-19(24)26-22(30)27-20(17)25-18(16)12-7-4-3-5-8-12/h3-11,15H,2H2,1H3,(H4,24,25,26,27,30). The fourth-order valence-electron chi connectivity index (χ4n) is 3.64. The molecule has 0 fully saturated rings. The van der Waals surface area contributed by atoms with Gasteiger partial charge in [0.1, 0.15) is 11.6 Å². The van der Waals surface area contributed by atoms with Crippen LogP contribution in [0.2, 0.25) is 0 Å². The number of nitrogen functional groups attached to an aromatic ring is 1. The summed E-state index contributed by atoms with van der Waals surface area (Å²) in [5.74, 6) is -0.0294. The predicted octanol–water partition coefficient (Wildman–Crippen LogP) is 5.02. The molecule has 0 amide bonds. The third-order valence-corrected chi connectivity index (χ3v) is 5.52. The first kappa shape index (κ1) is 20.3. The van der Waals surface area contributed by atoms with E-state index in [1.54, 1.807) is 6.92 Å². The van der Waals surface area contributed by atoms with Crippen molar-refractivity contribution in [2.45, 2.75) is 12.8 Å². The number of carbonyl (C=O) groups is 1. The van der Waals surface area contributed by atoms with E-state index in [9.17, 15) is 4.79 Å². The van der Waals surface area contributed by atoms with Crippen molar-refractivity contribution in [3.8, 4) is 0 Å². The Morgan fingerprint density at radius 1 is 1.23 bits per heavy atom. The summed E-state index contributed by atoms with van der Waals surface area (Å²) >= 11 is 8.76. The lowest BCUT2D eigenvalue weighted by Gasteiger charge is -2.31. The molecule has 4 N–H and O–H groups in total. The number of nitrogens with zero attached hydrogens (tertiary/aromatic N) is 1. The summed E-state index contributed by atoms with van der Waals surface area (Å²) in [6, 6.07) is 17.4. The topological polar surface area (TPSA) is 93.0 Å². The van der Waals surface area contributed by atoms with Crippen LogP contribution in [0, 0.1) is 4.77 Å². The molecule has 1 unspecified atom stereocenters. The first-order chi connectivity index (χ1) is 14.5. The summed E-state index contributed by atoms with van der Waals surface area (Å²) in [5, 5.41) is 3.29. The number of hydrogen-bond donors (Lipinski definition) is 3. The van der Waals surface area contributed by atoms with Gasteiger partial charge in [-0.3, -0.25) is 0 Å². The van der Waals surface area contributed by atoms with Gasteiger partial charge >= 0.3 is 5.97 Å². The number of hydrogen-bond acceptors (Lipinski definition) is 6. The van der Waals surface area contributed by atoms with E-state index in [0.717, 1.165) is 15.6 Å². The average molecular weight is 483 g/mol. The Labute approximate surface area is 187 Å². The highest BCUT2D eigenvalue weighted by atomic mass is 79.9. The normalized spacial score (nSPS) is 15.3. The second kappa shape index (κ2) is 8.41. The van der Waals surface area contributed by atoms with E-state index in [0.29, 0.717) is 28.5 Å². The number of H-pyrrole nitrogens is 1. The molecule has 1 aliphatic rings. The number of nitrogens with two attached hydrogens (primary N) is 1. The van der Waals surface area contributed by atoms with Crippen molar-refractivity contribution < 1.29 is 9.53 Å². The molecule has 4 rings (SSSR count). The van der Waals surface area contributed by atoms with Gasteiger partial charge in [-0.25, -0.2) is 9.78 Å².